The summed E-state index contributed by atoms with van der Waals surface area (Å²) in [5, 5.41) is 6.62. The lowest BCUT2D eigenvalue weighted by Gasteiger charge is -2.25. The number of unbranched alkanes of at least 4 members (excludes halogenated alkanes) is 1. The topological polar surface area (TPSA) is 79.8 Å². The van der Waals surface area contributed by atoms with Crippen LogP contribution in [0.25, 0.3) is 0 Å². The van der Waals surface area contributed by atoms with E-state index < -0.39 is 9.84 Å². The van der Waals surface area contributed by atoms with E-state index in [1.165, 1.54) is 11.8 Å². The van der Waals surface area contributed by atoms with Crippen molar-refractivity contribution in [1.82, 2.24) is 10.6 Å². The van der Waals surface area contributed by atoms with Crippen molar-refractivity contribution in [3.8, 4) is 5.75 Å². The number of methoxy groups -OCH3 is 1. The number of guanidine groups is 1. The van der Waals surface area contributed by atoms with Crippen molar-refractivity contribution >= 4 is 15.8 Å². The van der Waals surface area contributed by atoms with Gasteiger partial charge in [0.1, 0.15) is 15.6 Å². The lowest BCUT2D eigenvalue weighted by molar-refractivity contribution is 0.348. The standard InChI is InChI=1S/C20H35N3O3S/c1-20(2,13-15-27(5,24)25)16-23-19(21-3)22-14-7-6-8-17-9-11-18(26-4)12-10-17/h9-12H,6-8,13-16H2,1-5H3,(H2,21,22,23). The molecule has 0 amide bonds. The molecule has 0 atom stereocenters. The zero-order valence-corrected chi connectivity index (χ0v) is 18.2. The predicted molar refractivity (Wildman–Crippen MR) is 113 cm³/mol. The molecular formula is C20H35N3O3S. The van der Waals surface area contributed by atoms with Crippen LogP contribution < -0.4 is 15.4 Å². The Bertz CT molecular complexity index is 683. The molecule has 0 bridgehead atoms. The first-order valence-electron chi connectivity index (χ1n) is 9.40. The van der Waals surface area contributed by atoms with Crippen molar-refractivity contribution in [3.05, 3.63) is 29.8 Å². The van der Waals surface area contributed by atoms with Crippen LogP contribution in [0.2, 0.25) is 0 Å². The Morgan fingerprint density at radius 3 is 2.37 bits per heavy atom. The van der Waals surface area contributed by atoms with Gasteiger partial charge < -0.3 is 15.4 Å². The molecule has 0 aliphatic carbocycles. The molecule has 0 heterocycles. The van der Waals surface area contributed by atoms with Crippen molar-refractivity contribution in [2.24, 2.45) is 10.4 Å². The number of nitrogens with one attached hydrogen (secondary N) is 2. The summed E-state index contributed by atoms with van der Waals surface area (Å²) in [5.41, 5.74) is 1.20. The summed E-state index contributed by atoms with van der Waals surface area (Å²) in [7, 11) is 0.492. The zero-order valence-electron chi connectivity index (χ0n) is 17.3. The third-order valence-corrected chi connectivity index (χ3v) is 5.40. The van der Waals surface area contributed by atoms with E-state index in [0.717, 1.165) is 37.5 Å². The van der Waals surface area contributed by atoms with Gasteiger partial charge in [-0.05, 0) is 48.8 Å². The number of sulfone groups is 1. The number of ether oxygens (including phenoxy) is 1. The van der Waals surface area contributed by atoms with E-state index in [1.54, 1.807) is 14.2 Å². The molecule has 2 N–H and O–H groups in total. The Labute approximate surface area is 164 Å². The van der Waals surface area contributed by atoms with E-state index in [9.17, 15) is 8.42 Å². The average molecular weight is 398 g/mol. The summed E-state index contributed by atoms with van der Waals surface area (Å²) >= 11 is 0. The molecule has 0 fully saturated rings. The molecule has 6 nitrogen and oxygen atoms in total. The summed E-state index contributed by atoms with van der Waals surface area (Å²) in [4.78, 5) is 4.24. The number of benzene rings is 1. The normalized spacial score (nSPS) is 12.7. The fourth-order valence-corrected chi connectivity index (χ4v) is 3.47. The number of hydrogen-bond acceptors (Lipinski definition) is 4. The molecule has 0 unspecified atom stereocenters. The minimum Gasteiger partial charge on any atom is -0.497 e. The van der Waals surface area contributed by atoms with Gasteiger partial charge in [0.15, 0.2) is 5.96 Å². The zero-order chi connectivity index (χ0) is 20.3. The smallest absolute Gasteiger partial charge is 0.190 e. The van der Waals surface area contributed by atoms with Crippen molar-refractivity contribution < 1.29 is 13.2 Å². The van der Waals surface area contributed by atoms with Crippen LogP contribution in [0.15, 0.2) is 29.3 Å². The van der Waals surface area contributed by atoms with Crippen molar-refractivity contribution in [2.45, 2.75) is 39.5 Å². The molecule has 0 radical (unpaired) electrons. The highest BCUT2D eigenvalue weighted by Gasteiger charge is 2.20. The van der Waals surface area contributed by atoms with Gasteiger partial charge in [-0.15, -0.1) is 0 Å². The fourth-order valence-electron chi connectivity index (χ4n) is 2.55. The largest absolute Gasteiger partial charge is 0.497 e. The summed E-state index contributed by atoms with van der Waals surface area (Å²) < 4.78 is 27.9. The van der Waals surface area contributed by atoms with Gasteiger partial charge in [0, 0.05) is 26.4 Å². The number of nitrogens with zero attached hydrogens (tertiary/aromatic N) is 1. The second-order valence-electron chi connectivity index (χ2n) is 7.70. The van der Waals surface area contributed by atoms with Crippen LogP contribution in [-0.4, -0.2) is 53.6 Å². The van der Waals surface area contributed by atoms with Crippen LogP contribution in [0.1, 0.15) is 38.7 Å². The second kappa shape index (κ2) is 11.2. The Morgan fingerprint density at radius 1 is 1.15 bits per heavy atom. The van der Waals surface area contributed by atoms with Gasteiger partial charge in [-0.25, -0.2) is 8.42 Å². The van der Waals surface area contributed by atoms with Gasteiger partial charge in [-0.1, -0.05) is 26.0 Å². The van der Waals surface area contributed by atoms with Crippen LogP contribution in [0.5, 0.6) is 5.75 Å². The molecule has 1 rings (SSSR count). The second-order valence-corrected chi connectivity index (χ2v) is 9.96. The van der Waals surface area contributed by atoms with E-state index in [2.05, 4.69) is 41.6 Å². The van der Waals surface area contributed by atoms with Gasteiger partial charge in [0.2, 0.25) is 0 Å². The van der Waals surface area contributed by atoms with Crippen molar-refractivity contribution in [3.63, 3.8) is 0 Å². The van der Waals surface area contributed by atoms with Crippen molar-refractivity contribution in [1.29, 1.82) is 0 Å². The van der Waals surface area contributed by atoms with Crippen LogP contribution in [0.4, 0.5) is 0 Å². The van der Waals surface area contributed by atoms with Gasteiger partial charge in [-0.2, -0.15) is 0 Å². The Morgan fingerprint density at radius 2 is 1.81 bits per heavy atom. The molecule has 27 heavy (non-hydrogen) atoms. The molecule has 0 aromatic heterocycles. The maximum absolute atomic E-state index is 11.3. The van der Waals surface area contributed by atoms with Crippen LogP contribution >= 0.6 is 0 Å². The fraction of sp³-hybridized carbons (Fsp3) is 0.650. The molecule has 154 valence electrons. The summed E-state index contributed by atoms with van der Waals surface area (Å²) in [6.45, 7) is 5.65. The molecule has 1 aromatic rings. The van der Waals surface area contributed by atoms with Gasteiger partial charge in [0.25, 0.3) is 0 Å². The third-order valence-electron chi connectivity index (χ3n) is 4.45. The number of aliphatic imine (C=N–C) groups is 1. The molecule has 0 aliphatic heterocycles. The molecule has 0 aliphatic rings. The van der Waals surface area contributed by atoms with Gasteiger partial charge >= 0.3 is 0 Å². The first-order chi connectivity index (χ1) is 12.6. The monoisotopic (exact) mass is 397 g/mol. The third kappa shape index (κ3) is 10.9. The molecular weight excluding hydrogens is 362 g/mol. The van der Waals surface area contributed by atoms with Crippen LogP contribution in [0.3, 0.4) is 0 Å². The van der Waals surface area contributed by atoms with E-state index in [1.807, 2.05) is 12.1 Å². The Balaban J connectivity index is 2.25. The average Bonchev–Trinajstić information content (AvgIpc) is 2.62. The van der Waals surface area contributed by atoms with E-state index in [0.29, 0.717) is 13.0 Å². The van der Waals surface area contributed by atoms with Gasteiger partial charge in [-0.3, -0.25) is 4.99 Å². The highest BCUT2D eigenvalue weighted by molar-refractivity contribution is 7.90. The Hall–Kier alpha value is -1.76. The van der Waals surface area contributed by atoms with Crippen LogP contribution in [0, 0.1) is 5.41 Å². The van der Waals surface area contributed by atoms with Crippen LogP contribution in [-0.2, 0) is 16.3 Å². The first-order valence-corrected chi connectivity index (χ1v) is 11.5. The number of rotatable bonds is 11. The SMILES string of the molecule is CN=C(NCCCCc1ccc(OC)cc1)NCC(C)(C)CCS(C)(=O)=O. The summed E-state index contributed by atoms with van der Waals surface area (Å²) in [5.74, 6) is 1.85. The minimum atomic E-state index is -2.93. The van der Waals surface area contributed by atoms with E-state index >= 15 is 0 Å². The lowest BCUT2D eigenvalue weighted by Crippen LogP contribution is -2.42. The number of aryl methyl sites for hydroxylation is 1. The lowest BCUT2D eigenvalue weighted by atomic mass is 9.90. The van der Waals surface area contributed by atoms with E-state index in [-0.39, 0.29) is 11.2 Å². The molecule has 0 spiro atoms. The maximum Gasteiger partial charge on any atom is 0.190 e. The van der Waals surface area contributed by atoms with Crippen molar-refractivity contribution in [2.75, 3.05) is 39.3 Å². The van der Waals surface area contributed by atoms with Gasteiger partial charge in [0.05, 0.1) is 12.9 Å². The molecule has 7 heteroatoms. The minimum absolute atomic E-state index is 0.116. The summed E-state index contributed by atoms with van der Waals surface area (Å²) in [6.07, 6.45) is 5.08. The van der Waals surface area contributed by atoms with E-state index in [4.69, 9.17) is 4.74 Å². The predicted octanol–water partition coefficient (Wildman–Crippen LogP) is 2.64. The Kier molecular flexibility index (Phi) is 9.63. The highest BCUT2D eigenvalue weighted by Crippen LogP contribution is 2.19. The maximum atomic E-state index is 11.3. The first kappa shape index (κ1) is 23.3. The highest BCUT2D eigenvalue weighted by atomic mass is 32.2. The molecule has 1 aromatic carbocycles. The summed E-state index contributed by atoms with van der Waals surface area (Å²) in [6, 6.07) is 8.19. The quantitative estimate of drug-likeness (QED) is 0.341. The molecule has 0 saturated carbocycles. The molecule has 0 saturated heterocycles. The number of hydrogen-bond donors (Lipinski definition) is 2.